The van der Waals surface area contributed by atoms with Crippen molar-refractivity contribution < 1.29 is 19.0 Å². The number of carbonyl (C=O) groups excluding carboxylic acids is 1. The average molecular weight is 382 g/mol. The summed E-state index contributed by atoms with van der Waals surface area (Å²) in [5.74, 6) is 2.82. The molecule has 2 aliphatic rings. The van der Waals surface area contributed by atoms with E-state index in [4.69, 9.17) is 19.9 Å². The Kier molecular flexibility index (Phi) is 5.50. The third-order valence-electron chi connectivity index (χ3n) is 5.63. The minimum Gasteiger partial charge on any atom is -0.492 e. The largest absolute Gasteiger partial charge is 0.492 e. The van der Waals surface area contributed by atoms with Gasteiger partial charge in [-0.3, -0.25) is 4.90 Å². The molecule has 4 rings (SSSR count). The highest BCUT2D eigenvalue weighted by atomic mass is 16.7. The topological polar surface area (TPSA) is 74.0 Å². The van der Waals surface area contributed by atoms with Gasteiger partial charge in [-0.1, -0.05) is 18.2 Å². The standard InChI is InChI=1S/C22H26N2O4/c1-15-19(6-7-21-22(15)28-14-27-21)17-12-20(24(13-17)9-10-25)16-2-4-18(5-3-16)26-11-8-23/h2-7,10,17,20H,8-9,11-14,23H2,1H3/t17-,20?/m1/s1. The van der Waals surface area contributed by atoms with Gasteiger partial charge in [-0.2, -0.15) is 0 Å². The maximum Gasteiger partial charge on any atom is 0.231 e. The number of likely N-dealkylation sites (tertiary alicyclic amines) is 1. The van der Waals surface area contributed by atoms with Crippen LogP contribution in [0.2, 0.25) is 0 Å². The van der Waals surface area contributed by atoms with E-state index in [1.165, 1.54) is 11.1 Å². The monoisotopic (exact) mass is 382 g/mol. The van der Waals surface area contributed by atoms with Crippen molar-refractivity contribution in [1.29, 1.82) is 0 Å². The molecule has 0 radical (unpaired) electrons. The van der Waals surface area contributed by atoms with Crippen LogP contribution in [0.1, 0.15) is 35.1 Å². The number of aldehydes is 1. The van der Waals surface area contributed by atoms with Crippen molar-refractivity contribution in [2.75, 3.05) is 33.0 Å². The molecule has 6 nitrogen and oxygen atoms in total. The molecule has 1 fully saturated rings. The molecule has 28 heavy (non-hydrogen) atoms. The molecule has 6 heteroatoms. The van der Waals surface area contributed by atoms with Gasteiger partial charge in [-0.15, -0.1) is 0 Å². The quantitative estimate of drug-likeness (QED) is 0.743. The first-order chi connectivity index (χ1) is 13.7. The summed E-state index contributed by atoms with van der Waals surface area (Å²) in [5.41, 5.74) is 9.09. The molecule has 2 aliphatic heterocycles. The van der Waals surface area contributed by atoms with Gasteiger partial charge in [0.15, 0.2) is 11.5 Å². The molecule has 0 bridgehead atoms. The molecule has 0 amide bonds. The lowest BCUT2D eigenvalue weighted by atomic mass is 9.90. The Labute approximate surface area is 165 Å². The molecule has 2 atom stereocenters. The van der Waals surface area contributed by atoms with E-state index in [2.05, 4.69) is 30.0 Å². The second kappa shape index (κ2) is 8.20. The van der Waals surface area contributed by atoms with E-state index in [-0.39, 0.29) is 12.8 Å². The van der Waals surface area contributed by atoms with Crippen molar-refractivity contribution in [3.63, 3.8) is 0 Å². The minimum atomic E-state index is 0.198. The van der Waals surface area contributed by atoms with Crippen molar-refractivity contribution in [2.45, 2.75) is 25.3 Å². The zero-order valence-corrected chi connectivity index (χ0v) is 16.1. The van der Waals surface area contributed by atoms with Crippen LogP contribution in [0.15, 0.2) is 36.4 Å². The molecule has 148 valence electrons. The van der Waals surface area contributed by atoms with Crippen molar-refractivity contribution >= 4 is 6.29 Å². The summed E-state index contributed by atoms with van der Waals surface area (Å²) in [6, 6.07) is 12.5. The van der Waals surface area contributed by atoms with Gasteiger partial charge in [-0.05, 0) is 54.2 Å². The molecule has 2 N–H and O–H groups in total. The molecule has 2 aromatic rings. The van der Waals surface area contributed by atoms with E-state index in [0.717, 1.165) is 42.1 Å². The van der Waals surface area contributed by atoms with Crippen LogP contribution in [0.3, 0.4) is 0 Å². The zero-order chi connectivity index (χ0) is 19.5. The molecule has 2 aromatic carbocycles. The molecule has 1 unspecified atom stereocenters. The molecule has 0 aliphatic carbocycles. The number of hydrogen-bond donors (Lipinski definition) is 1. The minimum absolute atomic E-state index is 0.198. The van der Waals surface area contributed by atoms with Crippen LogP contribution in [0.4, 0.5) is 0 Å². The molecule has 2 heterocycles. The third kappa shape index (κ3) is 3.57. The maximum atomic E-state index is 11.3. The second-order valence-electron chi connectivity index (χ2n) is 7.29. The number of rotatable bonds is 7. The van der Waals surface area contributed by atoms with Gasteiger partial charge >= 0.3 is 0 Å². The van der Waals surface area contributed by atoms with E-state index in [1.54, 1.807) is 0 Å². The van der Waals surface area contributed by atoms with Gasteiger partial charge in [0.1, 0.15) is 18.6 Å². The Bertz CT molecular complexity index is 837. The third-order valence-corrected chi connectivity index (χ3v) is 5.63. The van der Waals surface area contributed by atoms with Gasteiger partial charge < -0.3 is 24.7 Å². The van der Waals surface area contributed by atoms with Gasteiger partial charge in [-0.25, -0.2) is 0 Å². The first kappa shape index (κ1) is 18.8. The maximum absolute atomic E-state index is 11.3. The number of carbonyl (C=O) groups is 1. The summed E-state index contributed by atoms with van der Waals surface area (Å²) in [4.78, 5) is 13.5. The highest BCUT2D eigenvalue weighted by Crippen LogP contribution is 2.45. The molecule has 0 aromatic heterocycles. The number of nitrogens with two attached hydrogens (primary N) is 1. The number of benzene rings is 2. The fourth-order valence-corrected chi connectivity index (χ4v) is 4.31. The van der Waals surface area contributed by atoms with Gasteiger partial charge in [0.2, 0.25) is 6.79 Å². The average Bonchev–Trinajstić information content (AvgIpc) is 3.35. The summed E-state index contributed by atoms with van der Waals surface area (Å²) in [6.45, 7) is 4.64. The van der Waals surface area contributed by atoms with Crippen LogP contribution >= 0.6 is 0 Å². The van der Waals surface area contributed by atoms with Crippen LogP contribution < -0.4 is 19.9 Å². The Morgan fingerprint density at radius 2 is 2.04 bits per heavy atom. The summed E-state index contributed by atoms with van der Waals surface area (Å²) < 4.78 is 16.7. The summed E-state index contributed by atoms with van der Waals surface area (Å²) >= 11 is 0. The fraction of sp³-hybridized carbons (Fsp3) is 0.409. The van der Waals surface area contributed by atoms with E-state index in [1.807, 2.05) is 18.2 Å². The Morgan fingerprint density at radius 1 is 1.21 bits per heavy atom. The van der Waals surface area contributed by atoms with E-state index in [9.17, 15) is 4.79 Å². The lowest BCUT2D eigenvalue weighted by Crippen LogP contribution is -2.25. The molecule has 1 saturated heterocycles. The number of fused-ring (bicyclic) bond motifs is 1. The van der Waals surface area contributed by atoms with Crippen molar-refractivity contribution in [2.24, 2.45) is 5.73 Å². The zero-order valence-electron chi connectivity index (χ0n) is 16.1. The number of hydrogen-bond acceptors (Lipinski definition) is 6. The van der Waals surface area contributed by atoms with Crippen LogP contribution in [-0.4, -0.2) is 44.2 Å². The van der Waals surface area contributed by atoms with Crippen LogP contribution in [0.5, 0.6) is 17.2 Å². The lowest BCUT2D eigenvalue weighted by Gasteiger charge is -2.22. The van der Waals surface area contributed by atoms with E-state index >= 15 is 0 Å². The summed E-state index contributed by atoms with van der Waals surface area (Å²) in [5, 5.41) is 0. The predicted molar refractivity (Wildman–Crippen MR) is 106 cm³/mol. The smallest absolute Gasteiger partial charge is 0.231 e. The highest BCUT2D eigenvalue weighted by Gasteiger charge is 2.35. The van der Waals surface area contributed by atoms with E-state index < -0.39 is 0 Å². The first-order valence-electron chi connectivity index (χ1n) is 9.71. The summed E-state index contributed by atoms with van der Waals surface area (Å²) in [7, 11) is 0. The van der Waals surface area contributed by atoms with Gasteiger partial charge in [0, 0.05) is 19.1 Å². The Balaban J connectivity index is 1.56. The van der Waals surface area contributed by atoms with Crippen LogP contribution in [-0.2, 0) is 4.79 Å². The van der Waals surface area contributed by atoms with Crippen molar-refractivity contribution in [3.8, 4) is 17.2 Å². The lowest BCUT2D eigenvalue weighted by molar-refractivity contribution is -0.109. The summed E-state index contributed by atoms with van der Waals surface area (Å²) in [6.07, 6.45) is 1.94. The Hall–Kier alpha value is -2.57. The molecular weight excluding hydrogens is 356 g/mol. The SMILES string of the molecule is Cc1c([C@@H]2CC(c3ccc(OCCN)cc3)N(CC=O)C2)ccc2c1OCO2. The normalized spacial score (nSPS) is 21.1. The molecule has 0 saturated carbocycles. The van der Waals surface area contributed by atoms with Gasteiger partial charge in [0.05, 0.1) is 6.54 Å². The van der Waals surface area contributed by atoms with Crippen LogP contribution in [0, 0.1) is 6.92 Å². The molecular formula is C22H26N2O4. The fourth-order valence-electron chi connectivity index (χ4n) is 4.31. The van der Waals surface area contributed by atoms with E-state index in [0.29, 0.717) is 25.6 Å². The first-order valence-corrected chi connectivity index (χ1v) is 9.71. The van der Waals surface area contributed by atoms with Crippen molar-refractivity contribution in [3.05, 3.63) is 53.1 Å². The highest BCUT2D eigenvalue weighted by molar-refractivity contribution is 5.54. The number of nitrogens with zero attached hydrogens (tertiary/aromatic N) is 1. The Morgan fingerprint density at radius 3 is 2.79 bits per heavy atom. The second-order valence-corrected chi connectivity index (χ2v) is 7.29. The van der Waals surface area contributed by atoms with Gasteiger partial charge in [0.25, 0.3) is 0 Å². The molecule has 0 spiro atoms. The predicted octanol–water partition coefficient (Wildman–Crippen LogP) is 2.79. The van der Waals surface area contributed by atoms with Crippen molar-refractivity contribution in [1.82, 2.24) is 4.90 Å². The number of ether oxygens (including phenoxy) is 3. The van der Waals surface area contributed by atoms with Crippen LogP contribution in [0.25, 0.3) is 0 Å².